The number of benzene rings is 2. The molecule has 0 saturated carbocycles. The second kappa shape index (κ2) is 4.93. The van der Waals surface area contributed by atoms with Crippen molar-refractivity contribution < 1.29 is 9.19 Å². The molecule has 0 aliphatic carbocycles. The van der Waals surface area contributed by atoms with Crippen LogP contribution in [0.25, 0.3) is 0 Å². The molecule has 0 fully saturated rings. The second-order valence-electron chi connectivity index (χ2n) is 3.38. The van der Waals surface area contributed by atoms with E-state index >= 15 is 0 Å². The van der Waals surface area contributed by atoms with Crippen molar-refractivity contribution in [2.75, 3.05) is 0 Å². The van der Waals surface area contributed by atoms with Crippen molar-refractivity contribution in [3.63, 3.8) is 0 Å². The van der Waals surface area contributed by atoms with Gasteiger partial charge in [-0.15, -0.1) is 4.91 Å². The molecule has 86 valence electrons. The van der Waals surface area contributed by atoms with E-state index in [-0.39, 0.29) is 0 Å². The lowest BCUT2D eigenvalue weighted by molar-refractivity contribution is 0.343. The van der Waals surface area contributed by atoms with Crippen molar-refractivity contribution >= 4 is 18.0 Å². The third kappa shape index (κ3) is 2.27. The Morgan fingerprint density at radius 3 is 1.59 bits per heavy atom. The van der Waals surface area contributed by atoms with E-state index in [2.05, 4.69) is 9.96 Å². The highest BCUT2D eigenvalue weighted by Crippen LogP contribution is 2.44. The Morgan fingerprint density at radius 1 is 0.824 bits per heavy atom. The maximum absolute atomic E-state index is 12.7. The van der Waals surface area contributed by atoms with Crippen LogP contribution in [0, 0.1) is 4.91 Å². The third-order valence-electron chi connectivity index (χ3n) is 2.34. The molecule has 0 aliphatic heterocycles. The highest BCUT2D eigenvalue weighted by molar-refractivity contribution is 7.74. The standard InChI is InChI=1S/C12H10NO3P/c14-13-16-17(15,11-7-3-1-4-8-11)12-9-5-2-6-10-12/h1-10H. The van der Waals surface area contributed by atoms with E-state index in [4.69, 9.17) is 0 Å². The van der Waals surface area contributed by atoms with Crippen LogP contribution in [-0.4, -0.2) is 0 Å². The van der Waals surface area contributed by atoms with Gasteiger partial charge in [-0.1, -0.05) is 36.4 Å². The molecule has 0 atom stereocenters. The van der Waals surface area contributed by atoms with Crippen LogP contribution < -0.4 is 10.6 Å². The van der Waals surface area contributed by atoms with Gasteiger partial charge < -0.3 is 0 Å². The quantitative estimate of drug-likeness (QED) is 0.474. The Hall–Kier alpha value is -1.93. The van der Waals surface area contributed by atoms with E-state index in [9.17, 15) is 9.47 Å². The molecule has 0 bridgehead atoms. The Balaban J connectivity index is 2.55. The van der Waals surface area contributed by atoms with Gasteiger partial charge >= 0.3 is 7.37 Å². The van der Waals surface area contributed by atoms with Gasteiger partial charge in [0.2, 0.25) is 0 Å². The van der Waals surface area contributed by atoms with Crippen LogP contribution in [0.3, 0.4) is 0 Å². The highest BCUT2D eigenvalue weighted by atomic mass is 31.2. The average Bonchev–Trinajstić information content (AvgIpc) is 2.41. The Morgan fingerprint density at radius 2 is 1.24 bits per heavy atom. The van der Waals surface area contributed by atoms with Crippen LogP contribution in [0.1, 0.15) is 0 Å². The summed E-state index contributed by atoms with van der Waals surface area (Å²) in [5.74, 6) is 0. The van der Waals surface area contributed by atoms with Gasteiger partial charge in [0.25, 0.3) is 0 Å². The lowest BCUT2D eigenvalue weighted by Crippen LogP contribution is -2.16. The van der Waals surface area contributed by atoms with Crippen LogP contribution in [-0.2, 0) is 9.19 Å². The summed E-state index contributed by atoms with van der Waals surface area (Å²) in [5.41, 5.74) is 0. The summed E-state index contributed by atoms with van der Waals surface area (Å²) in [6.45, 7) is 0. The van der Waals surface area contributed by atoms with Gasteiger partial charge in [-0.3, -0.25) is 9.19 Å². The van der Waals surface area contributed by atoms with Crippen LogP contribution in [0.5, 0.6) is 0 Å². The first-order valence-corrected chi connectivity index (χ1v) is 6.62. The van der Waals surface area contributed by atoms with Crippen molar-refractivity contribution in [1.29, 1.82) is 0 Å². The Bertz CT molecular complexity index is 499. The molecule has 2 aromatic carbocycles. The summed E-state index contributed by atoms with van der Waals surface area (Å²) in [6.07, 6.45) is 0. The predicted molar refractivity (Wildman–Crippen MR) is 66.6 cm³/mol. The summed E-state index contributed by atoms with van der Waals surface area (Å²) in [4.78, 5) is 10.3. The van der Waals surface area contributed by atoms with Crippen molar-refractivity contribution in [2.45, 2.75) is 0 Å². The smallest absolute Gasteiger partial charge is 0.297 e. The van der Waals surface area contributed by atoms with Crippen molar-refractivity contribution in [3.05, 3.63) is 65.6 Å². The lowest BCUT2D eigenvalue weighted by atomic mass is 10.4. The summed E-state index contributed by atoms with van der Waals surface area (Å²) >= 11 is 0. The predicted octanol–water partition coefficient (Wildman–Crippen LogP) is 2.61. The number of hydrogen-bond donors (Lipinski definition) is 0. The molecule has 0 aliphatic rings. The van der Waals surface area contributed by atoms with E-state index in [1.54, 1.807) is 60.7 Å². The van der Waals surface area contributed by atoms with Gasteiger partial charge in [0, 0.05) is 0 Å². The van der Waals surface area contributed by atoms with Gasteiger partial charge in [-0.2, -0.15) is 0 Å². The average molecular weight is 247 g/mol. The first-order chi connectivity index (χ1) is 8.27. The topological polar surface area (TPSA) is 55.7 Å². The first kappa shape index (κ1) is 11.6. The van der Waals surface area contributed by atoms with E-state index in [0.717, 1.165) is 0 Å². The van der Waals surface area contributed by atoms with E-state index in [1.165, 1.54) is 0 Å². The fraction of sp³-hybridized carbons (Fsp3) is 0. The van der Waals surface area contributed by atoms with Gasteiger partial charge in [0.15, 0.2) is 5.34 Å². The summed E-state index contributed by atoms with van der Waals surface area (Å²) < 4.78 is 17.3. The molecule has 2 rings (SSSR count). The number of rotatable bonds is 4. The summed E-state index contributed by atoms with van der Waals surface area (Å²) in [6, 6.07) is 17.1. The molecule has 0 unspecified atom stereocenters. The first-order valence-electron chi connectivity index (χ1n) is 5.00. The lowest BCUT2D eigenvalue weighted by Gasteiger charge is -2.13. The van der Waals surface area contributed by atoms with Crippen LogP contribution in [0.15, 0.2) is 66.0 Å². The minimum absolute atomic E-state index is 0.450. The van der Waals surface area contributed by atoms with Gasteiger partial charge in [-0.05, 0) is 24.3 Å². The van der Waals surface area contributed by atoms with Crippen molar-refractivity contribution in [1.82, 2.24) is 0 Å². The van der Waals surface area contributed by atoms with E-state index < -0.39 is 7.37 Å². The zero-order chi connectivity index (χ0) is 12.1. The molecule has 0 radical (unpaired) electrons. The summed E-state index contributed by atoms with van der Waals surface area (Å²) in [7, 11) is -3.40. The molecule has 5 heteroatoms. The Kier molecular flexibility index (Phi) is 3.35. The molecular formula is C12H10NO3P. The molecule has 0 saturated heterocycles. The zero-order valence-corrected chi connectivity index (χ0v) is 9.79. The minimum atomic E-state index is -3.40. The monoisotopic (exact) mass is 247 g/mol. The molecule has 17 heavy (non-hydrogen) atoms. The van der Waals surface area contributed by atoms with E-state index in [0.29, 0.717) is 10.6 Å². The number of nitrogens with zero attached hydrogens (tertiary/aromatic N) is 1. The molecule has 2 aromatic rings. The maximum Gasteiger partial charge on any atom is 0.334 e. The van der Waals surface area contributed by atoms with E-state index in [1.807, 2.05) is 0 Å². The molecule has 0 heterocycles. The fourth-order valence-corrected chi connectivity index (χ4v) is 3.25. The molecule has 0 N–H and O–H groups in total. The highest BCUT2D eigenvalue weighted by Gasteiger charge is 2.30. The van der Waals surface area contributed by atoms with Crippen LogP contribution >= 0.6 is 7.37 Å². The zero-order valence-electron chi connectivity index (χ0n) is 8.89. The third-order valence-corrected chi connectivity index (χ3v) is 4.59. The van der Waals surface area contributed by atoms with Gasteiger partial charge in [-0.25, -0.2) is 0 Å². The SMILES string of the molecule is O=NOP(=O)(c1ccccc1)c1ccccc1. The van der Waals surface area contributed by atoms with Crippen molar-refractivity contribution in [3.8, 4) is 0 Å². The van der Waals surface area contributed by atoms with Gasteiger partial charge in [0.05, 0.1) is 10.6 Å². The second-order valence-corrected chi connectivity index (χ2v) is 5.68. The van der Waals surface area contributed by atoms with Crippen LogP contribution in [0.4, 0.5) is 0 Å². The molecular weight excluding hydrogens is 237 g/mol. The maximum atomic E-state index is 12.7. The minimum Gasteiger partial charge on any atom is -0.297 e. The van der Waals surface area contributed by atoms with Gasteiger partial charge in [0.1, 0.15) is 0 Å². The normalized spacial score (nSPS) is 10.8. The largest absolute Gasteiger partial charge is 0.334 e. The Labute approximate surface area is 98.6 Å². The molecule has 0 aromatic heterocycles. The summed E-state index contributed by atoms with van der Waals surface area (Å²) in [5, 5.41) is 3.25. The fourth-order valence-electron chi connectivity index (χ4n) is 1.54. The molecule has 0 amide bonds. The molecule has 0 spiro atoms. The van der Waals surface area contributed by atoms with Crippen LogP contribution in [0.2, 0.25) is 0 Å². The van der Waals surface area contributed by atoms with Crippen molar-refractivity contribution in [2.24, 2.45) is 5.34 Å². The molecule has 4 nitrogen and oxygen atoms in total. The number of hydrogen-bond acceptors (Lipinski definition) is 4.